The van der Waals surface area contributed by atoms with E-state index >= 15 is 0 Å². The Morgan fingerprint density at radius 2 is 1.46 bits per heavy atom. The third-order valence-electron chi connectivity index (χ3n) is 11.1. The number of hydrogen-bond donors (Lipinski definition) is 2. The van der Waals surface area contributed by atoms with Crippen LogP contribution in [0.1, 0.15) is 65.5 Å². The number of anilines is 2. The van der Waals surface area contributed by atoms with Crippen LogP contribution < -0.4 is 15.4 Å². The third-order valence-corrected chi connectivity index (χ3v) is 16.3. The minimum Gasteiger partial charge on any atom is -0.363 e. The van der Waals surface area contributed by atoms with E-state index in [0.717, 1.165) is 16.9 Å². The SMILES string of the molecule is CC(C)(C1CCN(C(=O)Nc2co[n+](Cn3cc(S(=O)(=O)C(C)(C)C4CCN(C(=O)Nc5cnoc5)CC4)c(C(F)F)n3)c2)CC1)S(=O)(=O)c1cccc(F)c1. The summed E-state index contributed by atoms with van der Waals surface area (Å²) < 4.78 is 107. The standard InChI is InChI=1S/C35H43F3N8O8S2/c1-34(2,55(49,50)28-7-5-6-25(36)16-28)23-8-12-44(13-9-23)33(48)41-27-18-46(54-21-27)22-45-19-29(30(42-45)31(37)38)56(51,52)35(3,4)24-10-14-43(15-11-24)32(47)40-26-17-39-53-20-26/h5-7,16-21,23-24,31H,8-15,22H2,1-4H3,(H-,40,41,47,48)/p+1. The molecule has 4 amide bonds. The number of nitrogens with one attached hydrogen (secondary N) is 2. The molecular formula is C35H44F3N8O8S2+. The summed E-state index contributed by atoms with van der Waals surface area (Å²) in [5.41, 5.74) is -0.303. The molecule has 2 aliphatic rings. The first-order valence-corrected chi connectivity index (χ1v) is 20.9. The number of sulfone groups is 2. The van der Waals surface area contributed by atoms with Crippen molar-refractivity contribution < 1.29 is 53.4 Å². The van der Waals surface area contributed by atoms with Crippen molar-refractivity contribution in [2.75, 3.05) is 36.8 Å². The molecule has 5 heterocycles. The van der Waals surface area contributed by atoms with Crippen molar-refractivity contribution in [2.45, 2.75) is 85.8 Å². The van der Waals surface area contributed by atoms with Crippen LogP contribution >= 0.6 is 0 Å². The molecule has 0 radical (unpaired) electrons. The molecule has 16 nitrogen and oxygen atoms in total. The van der Waals surface area contributed by atoms with Gasteiger partial charge in [0.1, 0.15) is 28.4 Å². The Morgan fingerprint density at radius 3 is 2.00 bits per heavy atom. The highest BCUT2D eigenvalue weighted by Crippen LogP contribution is 2.41. The van der Waals surface area contributed by atoms with Crippen LogP contribution in [0.4, 0.5) is 34.1 Å². The van der Waals surface area contributed by atoms with Gasteiger partial charge in [-0.25, -0.2) is 48.8 Å². The van der Waals surface area contributed by atoms with E-state index in [1.807, 2.05) is 0 Å². The Kier molecular flexibility index (Phi) is 11.3. The molecule has 2 N–H and O–H groups in total. The molecule has 2 saturated heterocycles. The molecule has 0 spiro atoms. The molecule has 6 rings (SSSR count). The van der Waals surface area contributed by atoms with Gasteiger partial charge in [0.25, 0.3) is 13.1 Å². The van der Waals surface area contributed by atoms with Crippen LogP contribution in [-0.2, 0) is 26.3 Å². The first kappa shape index (κ1) is 40.7. The highest BCUT2D eigenvalue weighted by atomic mass is 32.2. The average molecular weight is 826 g/mol. The lowest BCUT2D eigenvalue weighted by Gasteiger charge is -2.40. The van der Waals surface area contributed by atoms with Gasteiger partial charge in [0.2, 0.25) is 6.20 Å². The summed E-state index contributed by atoms with van der Waals surface area (Å²) in [5.74, 6) is -1.41. The zero-order chi connectivity index (χ0) is 40.6. The summed E-state index contributed by atoms with van der Waals surface area (Å²) in [6, 6.07) is 4.03. The first-order valence-electron chi connectivity index (χ1n) is 17.9. The van der Waals surface area contributed by atoms with E-state index in [1.165, 1.54) is 71.5 Å². The summed E-state index contributed by atoms with van der Waals surface area (Å²) in [5, 5.41) is 12.8. The maximum absolute atomic E-state index is 14.3. The normalized spacial score (nSPS) is 16.7. The van der Waals surface area contributed by atoms with E-state index in [2.05, 4.69) is 20.9 Å². The molecule has 3 aromatic heterocycles. The van der Waals surface area contributed by atoms with E-state index in [4.69, 9.17) is 9.05 Å². The van der Waals surface area contributed by atoms with Gasteiger partial charge in [0.05, 0.1) is 26.8 Å². The molecule has 1 aromatic carbocycles. The summed E-state index contributed by atoms with van der Waals surface area (Å²) in [7, 11) is -8.26. The zero-order valence-electron chi connectivity index (χ0n) is 31.2. The van der Waals surface area contributed by atoms with Crippen LogP contribution in [0, 0.1) is 17.7 Å². The number of alkyl halides is 2. The fourth-order valence-corrected chi connectivity index (χ4v) is 11.1. The molecule has 0 saturated carbocycles. The van der Waals surface area contributed by atoms with Gasteiger partial charge in [-0.15, -0.1) is 0 Å². The Morgan fingerprint density at radius 1 is 0.893 bits per heavy atom. The van der Waals surface area contributed by atoms with Gasteiger partial charge in [0, 0.05) is 30.9 Å². The number of rotatable bonds is 11. The lowest BCUT2D eigenvalue weighted by molar-refractivity contribution is -0.867. The zero-order valence-corrected chi connectivity index (χ0v) is 32.8. The second-order valence-corrected chi connectivity index (χ2v) is 20.1. The molecular weight excluding hydrogens is 782 g/mol. The van der Waals surface area contributed by atoms with E-state index in [9.17, 15) is 39.6 Å². The number of likely N-dealkylation sites (tertiary alicyclic amines) is 2. The quantitative estimate of drug-likeness (QED) is 0.187. The molecule has 0 unspecified atom stereocenters. The number of carbonyl (C=O) groups excluding carboxylic acids is 2. The number of aromatic nitrogens is 4. The van der Waals surface area contributed by atoms with Gasteiger partial charge >= 0.3 is 12.1 Å². The minimum atomic E-state index is -4.38. The molecule has 0 bridgehead atoms. The number of piperidine rings is 2. The number of carbonyl (C=O) groups is 2. The molecule has 2 fully saturated rings. The average Bonchev–Trinajstić information content (AvgIpc) is 3.94. The van der Waals surface area contributed by atoms with Crippen LogP contribution in [0.5, 0.6) is 0 Å². The van der Waals surface area contributed by atoms with Crippen molar-refractivity contribution in [1.29, 1.82) is 0 Å². The monoisotopic (exact) mass is 825 g/mol. The number of hydrogen-bond acceptors (Lipinski definition) is 10. The fourth-order valence-electron chi connectivity index (χ4n) is 7.36. The van der Waals surface area contributed by atoms with Crippen LogP contribution in [0.3, 0.4) is 0 Å². The lowest BCUT2D eigenvalue weighted by Crippen LogP contribution is -2.48. The van der Waals surface area contributed by atoms with Crippen LogP contribution in [0.15, 0.2) is 74.2 Å². The molecule has 0 atom stereocenters. The molecule has 56 heavy (non-hydrogen) atoms. The van der Waals surface area contributed by atoms with Crippen LogP contribution in [0.25, 0.3) is 0 Å². The number of urea groups is 2. The minimum absolute atomic E-state index is 0.0980. The van der Waals surface area contributed by atoms with Gasteiger partial charge in [-0.3, -0.25) is 5.32 Å². The highest BCUT2D eigenvalue weighted by Gasteiger charge is 2.47. The van der Waals surface area contributed by atoms with Gasteiger partial charge in [-0.05, 0) is 83.4 Å². The van der Waals surface area contributed by atoms with Gasteiger partial charge < -0.3 is 19.6 Å². The van der Waals surface area contributed by atoms with E-state index in [-0.39, 0.29) is 49.3 Å². The Bertz CT molecular complexity index is 2260. The van der Waals surface area contributed by atoms with E-state index in [0.29, 0.717) is 31.4 Å². The Labute approximate surface area is 321 Å². The topological polar surface area (TPSA) is 194 Å². The molecule has 0 aliphatic carbocycles. The smallest absolute Gasteiger partial charge is 0.322 e. The Hall–Kier alpha value is -4.92. The summed E-state index contributed by atoms with van der Waals surface area (Å²) in [4.78, 5) is 28.1. The Balaban J connectivity index is 1.06. The lowest BCUT2D eigenvalue weighted by atomic mass is 9.86. The van der Waals surface area contributed by atoms with Gasteiger partial charge in [-0.2, -0.15) is 5.10 Å². The van der Waals surface area contributed by atoms with Crippen molar-refractivity contribution >= 4 is 43.1 Å². The maximum atomic E-state index is 14.3. The summed E-state index contributed by atoms with van der Waals surface area (Å²) in [6.45, 7) is 6.89. The third kappa shape index (κ3) is 8.00. The van der Waals surface area contributed by atoms with Crippen molar-refractivity contribution in [1.82, 2.24) is 24.7 Å². The predicted molar refractivity (Wildman–Crippen MR) is 194 cm³/mol. The van der Waals surface area contributed by atoms with Crippen molar-refractivity contribution in [3.8, 4) is 0 Å². The maximum Gasteiger partial charge on any atom is 0.322 e. The predicted octanol–water partition coefficient (Wildman–Crippen LogP) is 5.33. The second kappa shape index (κ2) is 15.5. The van der Waals surface area contributed by atoms with Gasteiger partial charge in [-0.1, -0.05) is 11.2 Å². The van der Waals surface area contributed by atoms with E-state index in [1.54, 1.807) is 13.8 Å². The first-order chi connectivity index (χ1) is 26.3. The number of nitrogens with zero attached hydrogens (tertiary/aromatic N) is 6. The largest absolute Gasteiger partial charge is 0.363 e. The molecule has 2 aliphatic heterocycles. The summed E-state index contributed by atoms with van der Waals surface area (Å²) in [6.07, 6.45) is 4.44. The molecule has 4 aromatic rings. The van der Waals surface area contributed by atoms with Gasteiger partial charge in [0.15, 0.2) is 31.6 Å². The van der Waals surface area contributed by atoms with Crippen molar-refractivity contribution in [2.24, 2.45) is 11.8 Å². The van der Waals surface area contributed by atoms with Crippen molar-refractivity contribution in [3.63, 3.8) is 0 Å². The van der Waals surface area contributed by atoms with Crippen molar-refractivity contribution in [3.05, 3.63) is 66.9 Å². The number of halogens is 3. The van der Waals surface area contributed by atoms with Crippen LogP contribution in [0.2, 0.25) is 0 Å². The fraction of sp³-hybridized carbons (Fsp3) is 0.514. The van der Waals surface area contributed by atoms with E-state index < -0.39 is 70.0 Å². The highest BCUT2D eigenvalue weighted by molar-refractivity contribution is 7.93. The molecule has 304 valence electrons. The number of amides is 4. The second-order valence-electron chi connectivity index (χ2n) is 15.1. The summed E-state index contributed by atoms with van der Waals surface area (Å²) >= 11 is 0. The molecule has 21 heteroatoms. The van der Waals surface area contributed by atoms with Crippen LogP contribution in [-0.4, -0.2) is 89.3 Å². The number of benzene rings is 1.